The van der Waals surface area contributed by atoms with Gasteiger partial charge in [-0.05, 0) is 42.5 Å². The number of allylic oxidation sites excluding steroid dienone is 2. The van der Waals surface area contributed by atoms with E-state index < -0.39 is 0 Å². The third-order valence-electron chi connectivity index (χ3n) is 5.57. The number of hydrogen-bond acceptors (Lipinski definition) is 3. The zero-order valence-corrected chi connectivity index (χ0v) is 13.5. The van der Waals surface area contributed by atoms with E-state index in [1.807, 2.05) is 53.2 Å². The first kappa shape index (κ1) is 14.4. The predicted octanol–water partition coefficient (Wildman–Crippen LogP) is 2.62. The fraction of sp³-hybridized carbons (Fsp3) is 0.250. The maximum atomic E-state index is 12.7. The number of hydrogen-bond donors (Lipinski definition) is 0. The third kappa shape index (κ3) is 2.05. The molecule has 2 amide bonds. The van der Waals surface area contributed by atoms with Crippen molar-refractivity contribution in [1.82, 2.24) is 9.58 Å². The van der Waals surface area contributed by atoms with Gasteiger partial charge in [-0.3, -0.25) is 9.59 Å². The summed E-state index contributed by atoms with van der Waals surface area (Å²) < 4.78 is 1.97. The van der Waals surface area contributed by atoms with Gasteiger partial charge in [-0.2, -0.15) is 10.1 Å². The molecule has 2 aliphatic carbocycles. The Morgan fingerprint density at radius 3 is 2.28 bits per heavy atom. The van der Waals surface area contributed by atoms with Gasteiger partial charge in [-0.15, -0.1) is 0 Å². The lowest BCUT2D eigenvalue weighted by Gasteiger charge is -2.13. The predicted molar refractivity (Wildman–Crippen MR) is 92.9 cm³/mol. The van der Waals surface area contributed by atoms with Gasteiger partial charge >= 0.3 is 0 Å². The smallest absolute Gasteiger partial charge is 0.254 e. The van der Waals surface area contributed by atoms with Crippen LogP contribution in [-0.2, 0) is 9.59 Å². The van der Waals surface area contributed by atoms with Crippen LogP contribution in [0.3, 0.4) is 0 Å². The Labute approximate surface area is 145 Å². The van der Waals surface area contributed by atoms with Crippen molar-refractivity contribution in [3.63, 3.8) is 0 Å². The van der Waals surface area contributed by atoms with Crippen LogP contribution in [-0.4, -0.2) is 27.6 Å². The number of imide groups is 1. The second kappa shape index (κ2) is 5.28. The van der Waals surface area contributed by atoms with Crippen LogP contribution in [0.1, 0.15) is 12.1 Å². The fourth-order valence-corrected chi connectivity index (χ4v) is 4.44. The Morgan fingerprint density at radius 1 is 0.920 bits per heavy atom. The average Bonchev–Trinajstić information content (AvgIpc) is 3.39. The Hall–Kier alpha value is -2.95. The van der Waals surface area contributed by atoms with Crippen molar-refractivity contribution in [2.75, 3.05) is 0 Å². The number of hydrazone groups is 1. The monoisotopic (exact) mass is 331 g/mol. The first-order valence-electron chi connectivity index (χ1n) is 8.57. The molecule has 0 radical (unpaired) electrons. The van der Waals surface area contributed by atoms with Crippen molar-refractivity contribution in [3.8, 4) is 5.69 Å². The van der Waals surface area contributed by atoms with E-state index in [9.17, 15) is 9.59 Å². The van der Waals surface area contributed by atoms with Gasteiger partial charge in [0.25, 0.3) is 11.8 Å². The first-order valence-corrected chi connectivity index (χ1v) is 8.57. The molecule has 1 aromatic heterocycles. The van der Waals surface area contributed by atoms with Crippen molar-refractivity contribution in [3.05, 3.63) is 66.5 Å². The van der Waals surface area contributed by atoms with Crippen LogP contribution in [0.5, 0.6) is 0 Å². The first-order chi connectivity index (χ1) is 12.2. The van der Waals surface area contributed by atoms with Gasteiger partial charge in [-0.25, -0.2) is 0 Å². The summed E-state index contributed by atoms with van der Waals surface area (Å²) in [6.45, 7) is 0. The van der Waals surface area contributed by atoms with Crippen LogP contribution in [0, 0.1) is 23.7 Å². The number of aromatic nitrogens is 1. The molecule has 1 aromatic carbocycles. The van der Waals surface area contributed by atoms with Crippen LogP contribution in [0.2, 0.25) is 0 Å². The van der Waals surface area contributed by atoms with Gasteiger partial charge in [0, 0.05) is 11.9 Å². The summed E-state index contributed by atoms with van der Waals surface area (Å²) in [5.41, 5.74) is 1.83. The van der Waals surface area contributed by atoms with Gasteiger partial charge in [0.1, 0.15) is 0 Å². The summed E-state index contributed by atoms with van der Waals surface area (Å²) >= 11 is 0. The van der Waals surface area contributed by atoms with E-state index in [4.69, 9.17) is 0 Å². The summed E-state index contributed by atoms with van der Waals surface area (Å²) in [5.74, 6) is -0.303. The van der Waals surface area contributed by atoms with Crippen LogP contribution >= 0.6 is 0 Å². The molecule has 5 nitrogen and oxygen atoms in total. The molecule has 2 bridgehead atoms. The summed E-state index contributed by atoms with van der Waals surface area (Å²) in [4.78, 5) is 25.3. The van der Waals surface area contributed by atoms with E-state index in [-0.39, 0.29) is 35.5 Å². The normalized spacial score (nSPS) is 30.0. The molecule has 25 heavy (non-hydrogen) atoms. The number of carbonyl (C=O) groups excluding carboxylic acids is 2. The Morgan fingerprint density at radius 2 is 1.60 bits per heavy atom. The maximum absolute atomic E-state index is 12.7. The lowest BCUT2D eigenvalue weighted by molar-refractivity contribution is -0.140. The van der Waals surface area contributed by atoms with Gasteiger partial charge in [0.2, 0.25) is 0 Å². The highest BCUT2D eigenvalue weighted by atomic mass is 16.2. The quantitative estimate of drug-likeness (QED) is 0.493. The molecule has 1 saturated heterocycles. The minimum atomic E-state index is -0.208. The molecule has 2 heterocycles. The van der Waals surface area contributed by atoms with Crippen LogP contribution < -0.4 is 0 Å². The summed E-state index contributed by atoms with van der Waals surface area (Å²) in [6.07, 6.45) is 8.64. The van der Waals surface area contributed by atoms with E-state index in [2.05, 4.69) is 17.3 Å². The molecule has 0 spiro atoms. The van der Waals surface area contributed by atoms with Crippen molar-refractivity contribution in [2.45, 2.75) is 6.42 Å². The number of fused-ring (bicyclic) bond motifs is 5. The van der Waals surface area contributed by atoms with Crippen LogP contribution in [0.4, 0.5) is 0 Å². The molecule has 2 fully saturated rings. The lowest BCUT2D eigenvalue weighted by atomic mass is 9.85. The summed E-state index contributed by atoms with van der Waals surface area (Å²) in [5, 5.41) is 5.34. The number of carbonyl (C=O) groups is 2. The number of para-hydroxylation sites is 1. The van der Waals surface area contributed by atoms with Gasteiger partial charge in [-0.1, -0.05) is 30.4 Å². The SMILES string of the molecule is O=C1C2C3C=CC(C3)C2C(=O)N1N=Cc1cccn1-c1ccccc1. The zero-order valence-electron chi connectivity index (χ0n) is 13.5. The molecule has 2 aromatic rings. The van der Waals surface area contributed by atoms with Gasteiger partial charge in [0.15, 0.2) is 0 Å². The van der Waals surface area contributed by atoms with E-state index in [0.717, 1.165) is 22.8 Å². The summed E-state index contributed by atoms with van der Waals surface area (Å²) in [6, 6.07) is 13.7. The molecular weight excluding hydrogens is 314 g/mol. The van der Waals surface area contributed by atoms with Gasteiger partial charge < -0.3 is 4.57 Å². The van der Waals surface area contributed by atoms with Crippen molar-refractivity contribution >= 4 is 18.0 Å². The van der Waals surface area contributed by atoms with E-state index in [0.29, 0.717) is 0 Å². The zero-order chi connectivity index (χ0) is 17.0. The number of amides is 2. The highest BCUT2D eigenvalue weighted by molar-refractivity contribution is 6.06. The Balaban J connectivity index is 1.43. The molecule has 124 valence electrons. The Kier molecular flexibility index (Phi) is 3.04. The standard InChI is InChI=1S/C20H17N3O2/c24-19-17-13-8-9-14(11-13)18(17)20(25)23(19)21-12-16-7-4-10-22(16)15-5-2-1-3-6-15/h1-10,12-14,17-18H,11H2. The van der Waals surface area contributed by atoms with Gasteiger partial charge in [0.05, 0.1) is 23.7 Å². The molecule has 4 atom stereocenters. The minimum absolute atomic E-state index is 0.152. The molecular formula is C20H17N3O2. The molecule has 4 unspecified atom stereocenters. The van der Waals surface area contributed by atoms with E-state index >= 15 is 0 Å². The van der Waals surface area contributed by atoms with Crippen molar-refractivity contribution in [2.24, 2.45) is 28.8 Å². The molecule has 1 saturated carbocycles. The number of nitrogens with zero attached hydrogens (tertiary/aromatic N) is 3. The van der Waals surface area contributed by atoms with Crippen LogP contribution in [0.25, 0.3) is 5.69 Å². The van der Waals surface area contributed by atoms with Crippen LogP contribution in [0.15, 0.2) is 65.9 Å². The maximum Gasteiger partial charge on any atom is 0.254 e. The topological polar surface area (TPSA) is 54.7 Å². The highest BCUT2D eigenvalue weighted by Gasteiger charge is 2.59. The minimum Gasteiger partial charge on any atom is -0.316 e. The van der Waals surface area contributed by atoms with E-state index in [1.165, 1.54) is 0 Å². The molecule has 5 heteroatoms. The molecule has 5 rings (SSSR count). The highest BCUT2D eigenvalue weighted by Crippen LogP contribution is 2.52. The molecule has 0 N–H and O–H groups in total. The Bertz CT molecular complexity index is 882. The summed E-state index contributed by atoms with van der Waals surface area (Å²) in [7, 11) is 0. The van der Waals surface area contributed by atoms with Crippen molar-refractivity contribution < 1.29 is 9.59 Å². The van der Waals surface area contributed by atoms with Crippen molar-refractivity contribution in [1.29, 1.82) is 0 Å². The average molecular weight is 331 g/mol. The fourth-order valence-electron chi connectivity index (χ4n) is 4.44. The largest absolute Gasteiger partial charge is 0.316 e. The molecule has 1 aliphatic heterocycles. The second-order valence-electron chi connectivity index (χ2n) is 6.87. The number of rotatable bonds is 3. The van der Waals surface area contributed by atoms with E-state index in [1.54, 1.807) is 6.21 Å². The molecule has 3 aliphatic rings. The number of benzene rings is 1. The second-order valence-corrected chi connectivity index (χ2v) is 6.87. The lowest BCUT2D eigenvalue weighted by Crippen LogP contribution is -2.28. The third-order valence-corrected chi connectivity index (χ3v) is 5.57.